The molecule has 2 fully saturated rings. The summed E-state index contributed by atoms with van der Waals surface area (Å²) in [5.41, 5.74) is 14.3. The molecule has 3 atom stereocenters. The summed E-state index contributed by atoms with van der Waals surface area (Å²) in [6.07, 6.45) is 8.94. The molecule has 46 heavy (non-hydrogen) atoms. The number of ether oxygens (including phenoxy) is 1. The molecule has 1 aliphatic heterocycles. The minimum absolute atomic E-state index is 0.0544. The van der Waals surface area contributed by atoms with Gasteiger partial charge < -0.3 is 20.7 Å². The molecule has 1 saturated heterocycles. The van der Waals surface area contributed by atoms with Crippen LogP contribution in [0.3, 0.4) is 0 Å². The number of anilines is 1. The van der Waals surface area contributed by atoms with Gasteiger partial charge in [0.2, 0.25) is 0 Å². The Hall–Kier alpha value is -4.11. The first kappa shape index (κ1) is 31.9. The molecule has 8 nitrogen and oxygen atoms in total. The Bertz CT molecular complexity index is 1620. The fourth-order valence-corrected chi connectivity index (χ4v) is 6.56. The average molecular weight is 619 g/mol. The van der Waals surface area contributed by atoms with E-state index in [2.05, 4.69) is 101 Å². The van der Waals surface area contributed by atoms with Crippen molar-refractivity contribution in [3.63, 3.8) is 0 Å². The van der Waals surface area contributed by atoms with Crippen LogP contribution >= 0.6 is 0 Å². The molecule has 1 amide bonds. The van der Waals surface area contributed by atoms with Gasteiger partial charge in [0.1, 0.15) is 5.82 Å². The number of hydrogen-bond acceptors (Lipinski definition) is 7. The molecule has 2 aromatic heterocycles. The van der Waals surface area contributed by atoms with Gasteiger partial charge in [-0.2, -0.15) is 0 Å². The number of piperazine rings is 1. The molecule has 1 saturated carbocycles. The Morgan fingerprint density at radius 2 is 1.61 bits per heavy atom. The average Bonchev–Trinajstić information content (AvgIpc) is 3.54. The highest BCUT2D eigenvalue weighted by molar-refractivity contribution is 5.99. The maximum Gasteiger partial charge on any atom is 0.255 e. The number of nitrogen functional groups attached to an aromatic ring is 1. The number of nitrogens with one attached hydrogen (secondary N) is 1. The molecule has 2 aliphatic rings. The van der Waals surface area contributed by atoms with E-state index in [-0.39, 0.29) is 23.9 Å². The second kappa shape index (κ2) is 14.5. The summed E-state index contributed by atoms with van der Waals surface area (Å²) in [5.74, 6) is -0.00385. The first-order chi connectivity index (χ1) is 22.4. The number of amides is 1. The molecule has 1 aliphatic carbocycles. The second-order valence-electron chi connectivity index (χ2n) is 12.8. The van der Waals surface area contributed by atoms with Crippen molar-refractivity contribution < 1.29 is 9.53 Å². The van der Waals surface area contributed by atoms with Crippen LogP contribution < -0.4 is 11.1 Å². The lowest BCUT2D eigenvalue weighted by molar-refractivity contribution is 0.0272. The maximum absolute atomic E-state index is 13.4. The summed E-state index contributed by atoms with van der Waals surface area (Å²) < 4.78 is 6.36. The van der Waals surface area contributed by atoms with Crippen molar-refractivity contribution in [2.24, 2.45) is 0 Å². The topological polar surface area (TPSA) is 96.6 Å². The van der Waals surface area contributed by atoms with Crippen LogP contribution in [0.25, 0.3) is 22.3 Å². The van der Waals surface area contributed by atoms with Crippen LogP contribution in [0.1, 0.15) is 66.2 Å². The van der Waals surface area contributed by atoms with Crippen molar-refractivity contribution in [3.8, 4) is 22.3 Å². The molecule has 6 rings (SSSR count). The van der Waals surface area contributed by atoms with Crippen LogP contribution in [0.2, 0.25) is 0 Å². The van der Waals surface area contributed by atoms with Crippen molar-refractivity contribution in [3.05, 3.63) is 102 Å². The Kier molecular flexibility index (Phi) is 10.1. The number of carbonyl (C=O) groups is 1. The normalized spacial score (nSPS) is 19.6. The zero-order valence-electron chi connectivity index (χ0n) is 27.3. The van der Waals surface area contributed by atoms with E-state index in [1.165, 1.54) is 16.7 Å². The van der Waals surface area contributed by atoms with Gasteiger partial charge >= 0.3 is 0 Å². The number of carbonyl (C=O) groups excluding carboxylic acids is 1. The third kappa shape index (κ3) is 7.47. The highest BCUT2D eigenvalue weighted by Crippen LogP contribution is 2.28. The highest BCUT2D eigenvalue weighted by atomic mass is 16.5. The smallest absolute Gasteiger partial charge is 0.255 e. The van der Waals surface area contributed by atoms with Crippen LogP contribution in [0.15, 0.2) is 79.3 Å². The van der Waals surface area contributed by atoms with Crippen LogP contribution in [-0.4, -0.2) is 71.0 Å². The number of rotatable bonds is 10. The largest absolute Gasteiger partial charge is 0.383 e. The van der Waals surface area contributed by atoms with E-state index in [0.29, 0.717) is 18.2 Å². The van der Waals surface area contributed by atoms with Crippen molar-refractivity contribution in [2.45, 2.75) is 64.3 Å². The van der Waals surface area contributed by atoms with Crippen LogP contribution in [-0.2, 0) is 17.8 Å². The predicted octanol–water partition coefficient (Wildman–Crippen LogP) is 6.13. The zero-order chi connectivity index (χ0) is 32.0. The number of benzene rings is 2. The minimum atomic E-state index is -0.222. The molecule has 240 valence electrons. The Morgan fingerprint density at radius 3 is 2.33 bits per heavy atom. The lowest BCUT2D eigenvalue weighted by Gasteiger charge is -2.36. The van der Waals surface area contributed by atoms with Crippen LogP contribution in [0.5, 0.6) is 0 Å². The quantitative estimate of drug-likeness (QED) is 0.221. The lowest BCUT2D eigenvalue weighted by atomic mass is 9.99. The zero-order valence-corrected chi connectivity index (χ0v) is 27.3. The van der Waals surface area contributed by atoms with Crippen molar-refractivity contribution in [1.29, 1.82) is 0 Å². The van der Waals surface area contributed by atoms with Crippen molar-refractivity contribution in [2.75, 3.05) is 39.0 Å². The molecule has 8 heteroatoms. The Balaban J connectivity index is 1.04. The van der Waals surface area contributed by atoms with Crippen molar-refractivity contribution >= 4 is 11.7 Å². The van der Waals surface area contributed by atoms with E-state index in [9.17, 15) is 4.79 Å². The number of nitrogens with two attached hydrogens (primary N) is 1. The highest BCUT2D eigenvalue weighted by Gasteiger charge is 2.30. The molecule has 0 bridgehead atoms. The van der Waals surface area contributed by atoms with E-state index in [1.807, 2.05) is 12.3 Å². The van der Waals surface area contributed by atoms with Gasteiger partial charge in [-0.3, -0.25) is 14.7 Å². The lowest BCUT2D eigenvalue weighted by Crippen LogP contribution is -2.45. The second-order valence-corrected chi connectivity index (χ2v) is 12.8. The van der Waals surface area contributed by atoms with E-state index in [0.717, 1.165) is 74.1 Å². The molecule has 0 radical (unpaired) electrons. The van der Waals surface area contributed by atoms with Gasteiger partial charge in [0.25, 0.3) is 5.91 Å². The third-order valence-corrected chi connectivity index (χ3v) is 9.70. The monoisotopic (exact) mass is 618 g/mol. The molecule has 2 aromatic carbocycles. The summed E-state index contributed by atoms with van der Waals surface area (Å²) in [5, 5.41) is 3.18. The number of nitrogens with zero attached hydrogens (tertiary/aromatic N) is 4. The third-order valence-electron chi connectivity index (χ3n) is 9.70. The summed E-state index contributed by atoms with van der Waals surface area (Å²) >= 11 is 0. The number of hydrogen-bond donors (Lipinski definition) is 2. The molecule has 0 spiro atoms. The van der Waals surface area contributed by atoms with Crippen LogP contribution in [0, 0.1) is 0 Å². The maximum atomic E-state index is 13.4. The molecular weight excluding hydrogens is 572 g/mol. The molecule has 4 aromatic rings. The number of likely N-dealkylation sites (N-methyl/N-ethyl adjacent to an activating group) is 1. The van der Waals surface area contributed by atoms with Gasteiger partial charge in [-0.1, -0.05) is 55.5 Å². The summed E-state index contributed by atoms with van der Waals surface area (Å²) in [7, 11) is 2.20. The van der Waals surface area contributed by atoms with Crippen molar-refractivity contribution in [1.82, 2.24) is 25.1 Å². The number of pyridine rings is 2. The standard InChI is InChI=1S/C38H46N6O2/c1-4-27-20-32(23-40-22-27)33-21-34(37(39)41-24-33)38(45)42-35-6-5-7-36(35)46-25-28-8-10-30(11-9-28)31-14-12-29(13-15-31)26(2)44-18-16-43(3)17-19-44/h8-15,20-24,26,35-36H,4-7,16-19,25H2,1-3H3,(H2,39,41)(H,42,45)/t26?,35-,36?/m0/s1. The summed E-state index contributed by atoms with van der Waals surface area (Å²) in [4.78, 5) is 27.0. The van der Waals surface area contributed by atoms with Gasteiger partial charge in [0, 0.05) is 61.9 Å². The van der Waals surface area contributed by atoms with Gasteiger partial charge in [-0.05, 0) is 79.6 Å². The Labute approximate surface area is 273 Å². The SMILES string of the molecule is CCc1cncc(-c2cnc(N)c(C(=O)N[C@H]3CCCC3OCc3ccc(-c4ccc(C(C)N5CCN(C)CC5)cc4)cc3)c2)c1. The predicted molar refractivity (Wildman–Crippen MR) is 184 cm³/mol. The number of aryl methyl sites for hydroxylation is 1. The fraction of sp³-hybridized carbons (Fsp3) is 0.395. The van der Waals surface area contributed by atoms with Gasteiger partial charge in [-0.25, -0.2) is 4.98 Å². The van der Waals surface area contributed by atoms with Gasteiger partial charge in [0.15, 0.2) is 0 Å². The van der Waals surface area contributed by atoms with Gasteiger partial charge in [-0.15, -0.1) is 0 Å². The molecule has 3 N–H and O–H groups in total. The summed E-state index contributed by atoms with van der Waals surface area (Å²) in [6.45, 7) is 9.38. The van der Waals surface area contributed by atoms with E-state index < -0.39 is 0 Å². The first-order valence-corrected chi connectivity index (χ1v) is 16.6. The molecular formula is C38H46N6O2. The molecule has 2 unspecified atom stereocenters. The molecule has 3 heterocycles. The Morgan fingerprint density at radius 1 is 0.913 bits per heavy atom. The fourth-order valence-electron chi connectivity index (χ4n) is 6.56. The van der Waals surface area contributed by atoms with E-state index >= 15 is 0 Å². The first-order valence-electron chi connectivity index (χ1n) is 16.6. The minimum Gasteiger partial charge on any atom is -0.383 e. The van der Waals surface area contributed by atoms with E-state index in [1.54, 1.807) is 12.4 Å². The van der Waals surface area contributed by atoms with Crippen LogP contribution in [0.4, 0.5) is 5.82 Å². The number of aromatic nitrogens is 2. The van der Waals surface area contributed by atoms with E-state index in [4.69, 9.17) is 10.5 Å². The summed E-state index contributed by atoms with van der Waals surface area (Å²) in [6, 6.07) is 21.8. The van der Waals surface area contributed by atoms with Gasteiger partial charge in [0.05, 0.1) is 24.3 Å².